The van der Waals surface area contributed by atoms with Gasteiger partial charge in [-0.1, -0.05) is 35.0 Å². The Morgan fingerprint density at radius 3 is 2.75 bits per heavy atom. The Morgan fingerprint density at radius 1 is 1.30 bits per heavy atom. The predicted octanol–water partition coefficient (Wildman–Crippen LogP) is 2.72. The van der Waals surface area contributed by atoms with Crippen LogP contribution in [0, 0.1) is 12.8 Å². The van der Waals surface area contributed by atoms with Crippen molar-refractivity contribution in [2.24, 2.45) is 5.92 Å². The Balaban J connectivity index is 1.51. The smallest absolute Gasteiger partial charge is 0.0692 e. The van der Waals surface area contributed by atoms with E-state index in [1.54, 1.807) is 6.20 Å². The van der Waals surface area contributed by atoms with Gasteiger partial charge in [0, 0.05) is 18.8 Å². The molecule has 1 aliphatic rings. The van der Waals surface area contributed by atoms with Crippen LogP contribution in [0.15, 0.2) is 36.7 Å². The lowest BCUT2D eigenvalue weighted by atomic mass is 10.0. The van der Waals surface area contributed by atoms with Gasteiger partial charge in [0.25, 0.3) is 0 Å². The summed E-state index contributed by atoms with van der Waals surface area (Å²) in [5.41, 5.74) is 2.76. The lowest BCUT2D eigenvalue weighted by Crippen LogP contribution is -2.25. The van der Waals surface area contributed by atoms with Crippen molar-refractivity contribution < 1.29 is 0 Å². The van der Waals surface area contributed by atoms with E-state index in [1.165, 1.54) is 24.0 Å². The third-order valence-electron chi connectivity index (χ3n) is 3.93. The summed E-state index contributed by atoms with van der Waals surface area (Å²) in [5, 5.41) is 11.5. The lowest BCUT2D eigenvalue weighted by molar-refractivity contribution is 0.451. The molecule has 106 valence electrons. The highest BCUT2D eigenvalue weighted by Gasteiger charge is 2.31. The molecule has 1 heterocycles. The minimum atomic E-state index is 0.520. The molecular formula is C16H22N4. The monoisotopic (exact) mass is 270 g/mol. The van der Waals surface area contributed by atoms with Crippen LogP contribution in [0.1, 0.15) is 36.4 Å². The van der Waals surface area contributed by atoms with Gasteiger partial charge in [-0.05, 0) is 44.2 Å². The van der Waals surface area contributed by atoms with Crippen molar-refractivity contribution in [2.75, 3.05) is 6.54 Å². The summed E-state index contributed by atoms with van der Waals surface area (Å²) in [6.07, 6.45) is 7.44. The minimum Gasteiger partial charge on any atom is -0.310 e. The number of nitrogens with one attached hydrogen (secondary N) is 1. The van der Waals surface area contributed by atoms with Gasteiger partial charge in [-0.2, -0.15) is 0 Å². The SMILES string of the molecule is Cc1ccc(C(NCCCn2ccnn2)C2CC2)cc1. The fourth-order valence-electron chi connectivity index (χ4n) is 2.61. The van der Waals surface area contributed by atoms with E-state index in [1.807, 2.05) is 10.9 Å². The van der Waals surface area contributed by atoms with Gasteiger partial charge in [0.2, 0.25) is 0 Å². The molecule has 1 unspecified atom stereocenters. The fourth-order valence-corrected chi connectivity index (χ4v) is 2.61. The predicted molar refractivity (Wildman–Crippen MR) is 79.3 cm³/mol. The molecule has 0 aliphatic heterocycles. The van der Waals surface area contributed by atoms with E-state index in [0.717, 1.165) is 25.4 Å². The quantitative estimate of drug-likeness (QED) is 0.787. The molecule has 0 saturated heterocycles. The molecule has 0 radical (unpaired) electrons. The van der Waals surface area contributed by atoms with Crippen LogP contribution in [0.5, 0.6) is 0 Å². The molecule has 1 aromatic carbocycles. The van der Waals surface area contributed by atoms with Crippen LogP contribution >= 0.6 is 0 Å². The number of aromatic nitrogens is 3. The molecule has 0 amide bonds. The van der Waals surface area contributed by atoms with Crippen molar-refractivity contribution in [3.63, 3.8) is 0 Å². The molecule has 1 aliphatic carbocycles. The van der Waals surface area contributed by atoms with Gasteiger partial charge in [0.15, 0.2) is 0 Å². The topological polar surface area (TPSA) is 42.7 Å². The molecule has 1 atom stereocenters. The molecule has 20 heavy (non-hydrogen) atoms. The summed E-state index contributed by atoms with van der Waals surface area (Å²) in [5.74, 6) is 0.823. The number of benzene rings is 1. The Bertz CT molecular complexity index is 514. The summed E-state index contributed by atoms with van der Waals surface area (Å²) in [6, 6.07) is 9.47. The van der Waals surface area contributed by atoms with Crippen molar-refractivity contribution >= 4 is 0 Å². The number of aryl methyl sites for hydroxylation is 2. The van der Waals surface area contributed by atoms with Gasteiger partial charge in [-0.3, -0.25) is 4.68 Å². The normalized spacial score (nSPS) is 16.2. The first kappa shape index (κ1) is 13.3. The molecule has 0 bridgehead atoms. The van der Waals surface area contributed by atoms with Gasteiger partial charge in [-0.25, -0.2) is 0 Å². The van der Waals surface area contributed by atoms with Crippen LogP contribution in [0.2, 0.25) is 0 Å². The summed E-state index contributed by atoms with van der Waals surface area (Å²) < 4.78 is 1.89. The zero-order valence-electron chi connectivity index (χ0n) is 12.0. The number of rotatable bonds is 7. The molecular weight excluding hydrogens is 248 g/mol. The zero-order chi connectivity index (χ0) is 13.8. The van der Waals surface area contributed by atoms with Crippen molar-refractivity contribution in [2.45, 2.75) is 38.8 Å². The Labute approximate surface area is 120 Å². The molecule has 0 spiro atoms. The molecule has 1 saturated carbocycles. The molecule has 1 N–H and O–H groups in total. The fraction of sp³-hybridized carbons (Fsp3) is 0.500. The maximum absolute atomic E-state index is 3.99. The Kier molecular flexibility index (Phi) is 4.11. The molecule has 4 nitrogen and oxygen atoms in total. The first-order chi connectivity index (χ1) is 9.83. The number of hydrogen-bond donors (Lipinski definition) is 1. The van der Waals surface area contributed by atoms with Crippen LogP contribution in [0.4, 0.5) is 0 Å². The second kappa shape index (κ2) is 6.18. The van der Waals surface area contributed by atoms with Crippen molar-refractivity contribution in [3.05, 3.63) is 47.8 Å². The zero-order valence-corrected chi connectivity index (χ0v) is 12.0. The highest BCUT2D eigenvalue weighted by molar-refractivity contribution is 5.25. The van der Waals surface area contributed by atoms with Gasteiger partial charge in [-0.15, -0.1) is 5.10 Å². The first-order valence-corrected chi connectivity index (χ1v) is 7.47. The molecule has 3 rings (SSSR count). The van der Waals surface area contributed by atoms with Crippen LogP contribution in [0.3, 0.4) is 0 Å². The van der Waals surface area contributed by atoms with Gasteiger partial charge < -0.3 is 5.32 Å². The summed E-state index contributed by atoms with van der Waals surface area (Å²) >= 11 is 0. The van der Waals surface area contributed by atoms with E-state index in [2.05, 4.69) is 46.8 Å². The maximum atomic E-state index is 3.99. The van der Waals surface area contributed by atoms with Crippen LogP contribution in [0.25, 0.3) is 0 Å². The molecule has 2 aromatic rings. The third-order valence-corrected chi connectivity index (χ3v) is 3.93. The van der Waals surface area contributed by atoms with Gasteiger partial charge in [0.05, 0.1) is 6.20 Å². The first-order valence-electron chi connectivity index (χ1n) is 7.47. The van der Waals surface area contributed by atoms with E-state index in [9.17, 15) is 0 Å². The van der Waals surface area contributed by atoms with Crippen LogP contribution in [-0.4, -0.2) is 21.5 Å². The van der Waals surface area contributed by atoms with Crippen molar-refractivity contribution in [3.8, 4) is 0 Å². The third kappa shape index (κ3) is 3.45. The van der Waals surface area contributed by atoms with E-state index >= 15 is 0 Å². The van der Waals surface area contributed by atoms with E-state index in [4.69, 9.17) is 0 Å². The Morgan fingerprint density at radius 2 is 2.10 bits per heavy atom. The maximum Gasteiger partial charge on any atom is 0.0692 e. The van der Waals surface area contributed by atoms with Gasteiger partial charge in [0.1, 0.15) is 0 Å². The number of nitrogens with zero attached hydrogens (tertiary/aromatic N) is 3. The summed E-state index contributed by atoms with van der Waals surface area (Å²) in [4.78, 5) is 0. The minimum absolute atomic E-state index is 0.520. The highest BCUT2D eigenvalue weighted by Crippen LogP contribution is 2.40. The number of hydrogen-bond acceptors (Lipinski definition) is 3. The molecule has 1 aromatic heterocycles. The summed E-state index contributed by atoms with van der Waals surface area (Å²) in [6.45, 7) is 4.09. The second-order valence-electron chi connectivity index (χ2n) is 5.70. The van der Waals surface area contributed by atoms with Crippen LogP contribution in [-0.2, 0) is 6.54 Å². The highest BCUT2D eigenvalue weighted by atomic mass is 15.4. The largest absolute Gasteiger partial charge is 0.310 e. The summed E-state index contributed by atoms with van der Waals surface area (Å²) in [7, 11) is 0. The average molecular weight is 270 g/mol. The van der Waals surface area contributed by atoms with E-state index in [-0.39, 0.29) is 0 Å². The molecule has 4 heteroatoms. The lowest BCUT2D eigenvalue weighted by Gasteiger charge is -2.19. The second-order valence-corrected chi connectivity index (χ2v) is 5.70. The molecule has 1 fully saturated rings. The van der Waals surface area contributed by atoms with E-state index in [0.29, 0.717) is 6.04 Å². The van der Waals surface area contributed by atoms with Gasteiger partial charge >= 0.3 is 0 Å². The van der Waals surface area contributed by atoms with Crippen LogP contribution < -0.4 is 5.32 Å². The van der Waals surface area contributed by atoms with Crippen molar-refractivity contribution in [1.29, 1.82) is 0 Å². The standard InChI is InChI=1S/C16H22N4/c1-13-3-5-14(6-4-13)16(15-7-8-15)17-9-2-11-20-12-10-18-19-20/h3-6,10,12,15-17H,2,7-9,11H2,1H3. The Hall–Kier alpha value is -1.68. The van der Waals surface area contributed by atoms with Crippen molar-refractivity contribution in [1.82, 2.24) is 20.3 Å². The average Bonchev–Trinajstić information content (AvgIpc) is 3.16. The van der Waals surface area contributed by atoms with E-state index < -0.39 is 0 Å².